The van der Waals surface area contributed by atoms with Crippen LogP contribution in [0.3, 0.4) is 0 Å². The number of aliphatic carboxylic acids is 1. The number of nitrogens with one attached hydrogen (secondary N) is 1. The molecule has 0 amide bonds. The van der Waals surface area contributed by atoms with E-state index < -0.39 is 12.1 Å². The van der Waals surface area contributed by atoms with E-state index in [2.05, 4.69) is 9.97 Å². The Morgan fingerprint density at radius 3 is 2.93 bits per heavy atom. The van der Waals surface area contributed by atoms with Gasteiger partial charge in [0.25, 0.3) is 0 Å². The normalized spacial score (nSPS) is 12.9. The molecule has 0 radical (unpaired) electrons. The second-order valence-corrected chi connectivity index (χ2v) is 3.41. The zero-order valence-corrected chi connectivity index (χ0v) is 8.19. The average molecular weight is 227 g/mol. The Labute approximate surface area is 89.3 Å². The van der Waals surface area contributed by atoms with Crippen molar-refractivity contribution in [3.05, 3.63) is 29.0 Å². The summed E-state index contributed by atoms with van der Waals surface area (Å²) in [5.74, 6) is -1.35. The third-order valence-corrected chi connectivity index (χ3v) is 2.41. The van der Waals surface area contributed by atoms with Crippen LogP contribution in [0.25, 0.3) is 11.0 Å². The summed E-state index contributed by atoms with van der Waals surface area (Å²) in [5.41, 5.74) is 1.12. The van der Waals surface area contributed by atoms with Crippen molar-refractivity contribution in [2.24, 2.45) is 0 Å². The molecule has 1 aromatic carbocycles. The van der Waals surface area contributed by atoms with E-state index in [1.54, 1.807) is 6.07 Å². The molecule has 0 saturated carbocycles. The summed E-state index contributed by atoms with van der Waals surface area (Å²) >= 11 is 5.82. The number of hydrogen-bond donors (Lipinski definition) is 3. The van der Waals surface area contributed by atoms with E-state index in [0.29, 0.717) is 11.0 Å². The van der Waals surface area contributed by atoms with Gasteiger partial charge in [0, 0.05) is 10.6 Å². The summed E-state index contributed by atoms with van der Waals surface area (Å²) in [4.78, 5) is 17.4. The van der Waals surface area contributed by atoms with Gasteiger partial charge in [0.05, 0.1) is 17.4 Å². The van der Waals surface area contributed by atoms with Crippen molar-refractivity contribution >= 4 is 28.6 Å². The largest absolute Gasteiger partial charge is 0.479 e. The summed E-state index contributed by atoms with van der Waals surface area (Å²) < 4.78 is 0. The number of hydrogen-bond acceptors (Lipinski definition) is 3. The van der Waals surface area contributed by atoms with Crippen LogP contribution in [0.15, 0.2) is 18.5 Å². The molecule has 1 heterocycles. The minimum Gasteiger partial charge on any atom is -0.479 e. The van der Waals surface area contributed by atoms with Gasteiger partial charge in [0.2, 0.25) is 0 Å². The number of fused-ring (bicyclic) bond motifs is 1. The van der Waals surface area contributed by atoms with Gasteiger partial charge in [0.15, 0.2) is 6.10 Å². The van der Waals surface area contributed by atoms with Crippen molar-refractivity contribution in [2.75, 3.05) is 0 Å². The summed E-state index contributed by atoms with van der Waals surface area (Å²) in [6, 6.07) is 3.19. The number of benzene rings is 1. The highest BCUT2D eigenvalue weighted by Crippen LogP contribution is 2.29. The second-order valence-electron chi connectivity index (χ2n) is 3.00. The number of H-pyrrole nitrogens is 1. The highest BCUT2D eigenvalue weighted by molar-refractivity contribution is 6.32. The first kappa shape index (κ1) is 9.95. The van der Waals surface area contributed by atoms with Crippen molar-refractivity contribution in [1.29, 1.82) is 0 Å². The summed E-state index contributed by atoms with van der Waals surface area (Å²) in [5, 5.41) is 18.4. The first-order valence-electron chi connectivity index (χ1n) is 4.13. The van der Waals surface area contributed by atoms with Gasteiger partial charge in [-0.15, -0.1) is 0 Å². The van der Waals surface area contributed by atoms with Crippen molar-refractivity contribution in [3.63, 3.8) is 0 Å². The Balaban J connectivity index is 2.71. The van der Waals surface area contributed by atoms with E-state index in [0.717, 1.165) is 0 Å². The standard InChI is InChI=1S/C9H7ClN2O3/c10-4-1-2-5-7(12-3-11-5)6(4)8(13)9(14)15/h1-3,8,13H,(H,11,12)(H,14,15). The van der Waals surface area contributed by atoms with Gasteiger partial charge in [-0.25, -0.2) is 9.78 Å². The molecule has 15 heavy (non-hydrogen) atoms. The number of aliphatic hydroxyl groups is 1. The Hall–Kier alpha value is -1.59. The van der Waals surface area contributed by atoms with Crippen LogP contribution in [0, 0.1) is 0 Å². The lowest BCUT2D eigenvalue weighted by molar-refractivity contribution is -0.146. The predicted octanol–water partition coefficient (Wildman–Crippen LogP) is 1.33. The fraction of sp³-hybridized carbons (Fsp3) is 0.111. The van der Waals surface area contributed by atoms with Gasteiger partial charge in [-0.3, -0.25) is 0 Å². The van der Waals surface area contributed by atoms with E-state index in [1.807, 2.05) is 0 Å². The Bertz CT molecular complexity index is 523. The van der Waals surface area contributed by atoms with Crippen LogP contribution < -0.4 is 0 Å². The lowest BCUT2D eigenvalue weighted by Crippen LogP contribution is -2.11. The highest BCUT2D eigenvalue weighted by Gasteiger charge is 2.22. The monoisotopic (exact) mass is 226 g/mol. The molecule has 2 rings (SSSR count). The Morgan fingerprint density at radius 1 is 1.53 bits per heavy atom. The SMILES string of the molecule is O=C(O)C(O)c1c(Cl)ccc2[nH]cnc12. The molecule has 78 valence electrons. The highest BCUT2D eigenvalue weighted by atomic mass is 35.5. The first-order chi connectivity index (χ1) is 7.11. The fourth-order valence-electron chi connectivity index (χ4n) is 1.39. The van der Waals surface area contributed by atoms with E-state index in [9.17, 15) is 9.90 Å². The first-order valence-corrected chi connectivity index (χ1v) is 4.51. The molecule has 1 aromatic heterocycles. The van der Waals surface area contributed by atoms with Crippen molar-refractivity contribution in [2.45, 2.75) is 6.10 Å². The smallest absolute Gasteiger partial charge is 0.337 e. The van der Waals surface area contributed by atoms with Crippen LogP contribution in [0.5, 0.6) is 0 Å². The molecule has 0 fully saturated rings. The van der Waals surface area contributed by atoms with Crippen molar-refractivity contribution in [3.8, 4) is 0 Å². The maximum Gasteiger partial charge on any atom is 0.337 e. The lowest BCUT2D eigenvalue weighted by atomic mass is 10.1. The van der Waals surface area contributed by atoms with Crippen LogP contribution in [0.1, 0.15) is 11.7 Å². The molecule has 0 saturated heterocycles. The van der Waals surface area contributed by atoms with Crippen LogP contribution in [0.2, 0.25) is 5.02 Å². The number of halogens is 1. The number of aliphatic hydroxyl groups excluding tert-OH is 1. The number of carboxylic acids is 1. The molecule has 1 unspecified atom stereocenters. The maximum absolute atomic E-state index is 10.7. The summed E-state index contributed by atoms with van der Waals surface area (Å²) in [7, 11) is 0. The molecule has 0 aliphatic rings. The minimum absolute atomic E-state index is 0.114. The average Bonchev–Trinajstić information content (AvgIpc) is 2.64. The maximum atomic E-state index is 10.7. The van der Waals surface area contributed by atoms with Crippen LogP contribution in [-0.2, 0) is 4.79 Å². The van der Waals surface area contributed by atoms with Crippen LogP contribution in [0.4, 0.5) is 0 Å². The zero-order valence-electron chi connectivity index (χ0n) is 7.44. The number of aromatic amines is 1. The molecule has 3 N–H and O–H groups in total. The predicted molar refractivity (Wildman–Crippen MR) is 53.7 cm³/mol. The van der Waals surface area contributed by atoms with Gasteiger partial charge in [-0.1, -0.05) is 11.6 Å². The number of carbonyl (C=O) groups is 1. The summed E-state index contributed by atoms with van der Waals surface area (Å²) in [6.07, 6.45) is -0.247. The van der Waals surface area contributed by atoms with E-state index >= 15 is 0 Å². The summed E-state index contributed by atoms with van der Waals surface area (Å²) in [6.45, 7) is 0. The minimum atomic E-state index is -1.66. The third-order valence-electron chi connectivity index (χ3n) is 2.08. The van der Waals surface area contributed by atoms with Crippen molar-refractivity contribution in [1.82, 2.24) is 9.97 Å². The van der Waals surface area contributed by atoms with Gasteiger partial charge >= 0.3 is 5.97 Å². The fourth-order valence-corrected chi connectivity index (χ4v) is 1.64. The van der Waals surface area contributed by atoms with Gasteiger partial charge in [-0.05, 0) is 12.1 Å². The zero-order chi connectivity index (χ0) is 11.0. The Kier molecular flexibility index (Phi) is 2.34. The molecule has 5 nitrogen and oxygen atoms in total. The van der Waals surface area contributed by atoms with Gasteiger partial charge in [0.1, 0.15) is 0 Å². The van der Waals surface area contributed by atoms with E-state index in [4.69, 9.17) is 16.7 Å². The molecular formula is C9H7ClN2O3. The number of imidazole rings is 1. The quantitative estimate of drug-likeness (QED) is 0.721. The van der Waals surface area contributed by atoms with E-state index in [-0.39, 0.29) is 10.6 Å². The molecule has 2 aromatic rings. The van der Waals surface area contributed by atoms with Crippen LogP contribution >= 0.6 is 11.6 Å². The molecule has 0 spiro atoms. The molecule has 0 aliphatic heterocycles. The molecule has 0 aliphatic carbocycles. The Morgan fingerprint density at radius 2 is 2.27 bits per heavy atom. The topological polar surface area (TPSA) is 86.2 Å². The van der Waals surface area contributed by atoms with Gasteiger partial charge < -0.3 is 15.2 Å². The van der Waals surface area contributed by atoms with Crippen LogP contribution in [-0.4, -0.2) is 26.2 Å². The molecule has 0 bridgehead atoms. The number of aromatic nitrogens is 2. The molecular weight excluding hydrogens is 220 g/mol. The number of rotatable bonds is 2. The number of carboxylic acid groups (broad SMARTS) is 1. The second kappa shape index (κ2) is 3.52. The number of nitrogens with zero attached hydrogens (tertiary/aromatic N) is 1. The van der Waals surface area contributed by atoms with Crippen molar-refractivity contribution < 1.29 is 15.0 Å². The molecule has 6 heteroatoms. The molecule has 1 atom stereocenters. The third kappa shape index (κ3) is 1.55. The van der Waals surface area contributed by atoms with E-state index in [1.165, 1.54) is 12.4 Å². The lowest BCUT2D eigenvalue weighted by Gasteiger charge is -2.08. The van der Waals surface area contributed by atoms with Gasteiger partial charge in [-0.2, -0.15) is 0 Å².